The van der Waals surface area contributed by atoms with Gasteiger partial charge in [0.25, 0.3) is 0 Å². The zero-order valence-electron chi connectivity index (χ0n) is 7.33. The van der Waals surface area contributed by atoms with Crippen LogP contribution in [0.1, 0.15) is 0 Å². The number of rotatable bonds is 1. The molecule has 0 aliphatic heterocycles. The minimum atomic E-state index is 0.884. The summed E-state index contributed by atoms with van der Waals surface area (Å²) >= 11 is 0. The maximum Gasteiger partial charge on any atom is 0.0484 e. The predicted molar refractivity (Wildman–Crippen MR) is 56.8 cm³/mol. The second kappa shape index (κ2) is 2.91. The molecule has 2 rings (SSSR count). The largest absolute Gasteiger partial charge is 0.350 e. The zero-order chi connectivity index (χ0) is 8.55. The lowest BCUT2D eigenvalue weighted by atomic mass is 10.2. The summed E-state index contributed by atoms with van der Waals surface area (Å²) in [5.41, 5.74) is 1.34. The van der Waals surface area contributed by atoms with Crippen LogP contribution >= 0.6 is 8.58 Å². The fourth-order valence-corrected chi connectivity index (χ4v) is 2.34. The molecule has 0 bridgehead atoms. The number of fused-ring (bicyclic) bond motifs is 1. The summed E-state index contributed by atoms with van der Waals surface area (Å²) in [5, 5.41) is 2.87. The first-order valence-corrected chi connectivity index (χ1v) is 5.55. The molecule has 12 heavy (non-hydrogen) atoms. The van der Waals surface area contributed by atoms with E-state index in [4.69, 9.17) is 0 Å². The van der Waals surface area contributed by atoms with Gasteiger partial charge in [-0.2, -0.15) is 0 Å². The Hall–Kier alpha value is -0.810. The quantitative estimate of drug-likeness (QED) is 0.588. The molecule has 1 aromatic heterocycles. The predicted octanol–water partition coefficient (Wildman–Crippen LogP) is 2.11. The Labute approximate surface area is 74.2 Å². The summed E-state index contributed by atoms with van der Waals surface area (Å²) in [6.45, 7) is 2.22. The van der Waals surface area contributed by atoms with Gasteiger partial charge in [-0.15, -0.1) is 0 Å². The molecule has 2 aromatic rings. The molecule has 0 saturated carbocycles. The monoisotopic (exact) mass is 177 g/mol. The lowest BCUT2D eigenvalue weighted by Crippen LogP contribution is -1.88. The molecule has 0 aliphatic rings. The summed E-state index contributed by atoms with van der Waals surface area (Å²) in [6, 6.07) is 8.55. The van der Waals surface area contributed by atoms with E-state index in [2.05, 4.69) is 48.7 Å². The van der Waals surface area contributed by atoms with Crippen LogP contribution in [0.15, 0.2) is 30.5 Å². The molecule has 2 heteroatoms. The Bertz CT molecular complexity index is 403. The second-order valence-corrected chi connectivity index (χ2v) is 3.96. The smallest absolute Gasteiger partial charge is 0.0484 e. The molecule has 0 radical (unpaired) electrons. The fraction of sp³-hybridized carbons (Fsp3) is 0.200. The van der Waals surface area contributed by atoms with Gasteiger partial charge in [0.15, 0.2) is 0 Å². The molecule has 1 atom stereocenters. The van der Waals surface area contributed by atoms with Crippen LogP contribution in [-0.2, 0) is 7.05 Å². The van der Waals surface area contributed by atoms with Gasteiger partial charge in [0.2, 0.25) is 0 Å². The molecule has 0 fully saturated rings. The molecule has 1 unspecified atom stereocenters. The summed E-state index contributed by atoms with van der Waals surface area (Å²) in [7, 11) is 2.99. The summed E-state index contributed by atoms with van der Waals surface area (Å²) in [4.78, 5) is 0. The van der Waals surface area contributed by atoms with Crippen LogP contribution in [-0.4, -0.2) is 11.2 Å². The molecule has 0 N–H and O–H groups in total. The van der Waals surface area contributed by atoms with Gasteiger partial charge in [-0.05, 0) is 18.0 Å². The number of para-hydroxylation sites is 1. The van der Waals surface area contributed by atoms with Crippen LogP contribution in [0.25, 0.3) is 10.9 Å². The minimum absolute atomic E-state index is 0.884. The van der Waals surface area contributed by atoms with Gasteiger partial charge < -0.3 is 4.57 Å². The standard InChI is InChI=1S/C10H12NP/c1-11-7-10(12-2)8-5-3-4-6-9(8)11/h3-7,12H,1-2H3. The fourth-order valence-electron chi connectivity index (χ4n) is 1.54. The van der Waals surface area contributed by atoms with Crippen molar-refractivity contribution >= 4 is 24.8 Å². The van der Waals surface area contributed by atoms with E-state index in [1.165, 1.54) is 16.2 Å². The normalized spacial score (nSPS) is 11.8. The van der Waals surface area contributed by atoms with Crippen LogP contribution in [0.5, 0.6) is 0 Å². The van der Waals surface area contributed by atoms with Gasteiger partial charge in [0.05, 0.1) is 0 Å². The first-order valence-electron chi connectivity index (χ1n) is 4.05. The lowest BCUT2D eigenvalue weighted by Gasteiger charge is -1.93. The van der Waals surface area contributed by atoms with Crippen molar-refractivity contribution in [3.05, 3.63) is 30.5 Å². The highest BCUT2D eigenvalue weighted by atomic mass is 31.1. The Morgan fingerprint density at radius 1 is 1.25 bits per heavy atom. The molecule has 1 heterocycles. The van der Waals surface area contributed by atoms with E-state index in [0.717, 1.165) is 8.58 Å². The third-order valence-corrected chi connectivity index (χ3v) is 3.10. The van der Waals surface area contributed by atoms with E-state index >= 15 is 0 Å². The Balaban J connectivity index is 2.82. The van der Waals surface area contributed by atoms with Crippen LogP contribution in [0.4, 0.5) is 0 Å². The average Bonchev–Trinajstić information content (AvgIpc) is 2.44. The first-order chi connectivity index (χ1) is 5.83. The molecule has 1 aromatic carbocycles. The number of benzene rings is 1. The Morgan fingerprint density at radius 2 is 2.00 bits per heavy atom. The number of aryl methyl sites for hydroxylation is 1. The summed E-state index contributed by atoms with van der Waals surface area (Å²) in [6.07, 6.45) is 2.23. The number of aromatic nitrogens is 1. The van der Waals surface area contributed by atoms with Gasteiger partial charge in [0, 0.05) is 24.1 Å². The van der Waals surface area contributed by atoms with Crippen molar-refractivity contribution in [3.63, 3.8) is 0 Å². The number of hydrogen-bond donors (Lipinski definition) is 0. The van der Waals surface area contributed by atoms with Crippen molar-refractivity contribution in [3.8, 4) is 0 Å². The highest BCUT2D eigenvalue weighted by Crippen LogP contribution is 2.17. The van der Waals surface area contributed by atoms with Gasteiger partial charge in [0.1, 0.15) is 0 Å². The van der Waals surface area contributed by atoms with E-state index < -0.39 is 0 Å². The minimum Gasteiger partial charge on any atom is -0.350 e. The lowest BCUT2D eigenvalue weighted by molar-refractivity contribution is 0.972. The highest BCUT2D eigenvalue weighted by Gasteiger charge is 2.02. The number of nitrogens with zero attached hydrogens (tertiary/aromatic N) is 1. The zero-order valence-corrected chi connectivity index (χ0v) is 8.33. The molecule has 62 valence electrons. The molecule has 0 spiro atoms. The van der Waals surface area contributed by atoms with Crippen molar-refractivity contribution in [2.45, 2.75) is 0 Å². The molecular formula is C10H12NP. The third kappa shape index (κ3) is 1.05. The van der Waals surface area contributed by atoms with E-state index in [9.17, 15) is 0 Å². The molecule has 1 nitrogen and oxygen atoms in total. The van der Waals surface area contributed by atoms with Gasteiger partial charge in [-0.25, -0.2) is 0 Å². The van der Waals surface area contributed by atoms with E-state index in [1.807, 2.05) is 0 Å². The maximum absolute atomic E-state index is 2.23. The summed E-state index contributed by atoms with van der Waals surface area (Å²) < 4.78 is 2.20. The van der Waals surface area contributed by atoms with Crippen molar-refractivity contribution in [2.24, 2.45) is 7.05 Å². The van der Waals surface area contributed by atoms with Crippen LogP contribution in [0.2, 0.25) is 0 Å². The first kappa shape index (κ1) is 7.82. The SMILES string of the molecule is CPc1cn(C)c2ccccc12. The molecule has 0 saturated heterocycles. The van der Waals surface area contributed by atoms with Crippen LogP contribution in [0.3, 0.4) is 0 Å². The van der Waals surface area contributed by atoms with E-state index in [1.54, 1.807) is 0 Å². The second-order valence-electron chi connectivity index (χ2n) is 2.92. The highest BCUT2D eigenvalue weighted by molar-refractivity contribution is 7.47. The van der Waals surface area contributed by atoms with Crippen molar-refractivity contribution in [1.29, 1.82) is 0 Å². The topological polar surface area (TPSA) is 4.93 Å². The van der Waals surface area contributed by atoms with Crippen molar-refractivity contribution < 1.29 is 0 Å². The van der Waals surface area contributed by atoms with Crippen molar-refractivity contribution in [1.82, 2.24) is 4.57 Å². The van der Waals surface area contributed by atoms with Crippen LogP contribution < -0.4 is 5.30 Å². The molecule has 0 amide bonds. The molecule has 0 aliphatic carbocycles. The third-order valence-electron chi connectivity index (χ3n) is 2.17. The maximum atomic E-state index is 2.23. The van der Waals surface area contributed by atoms with Gasteiger partial charge in [-0.1, -0.05) is 26.8 Å². The number of hydrogen-bond acceptors (Lipinski definition) is 0. The van der Waals surface area contributed by atoms with Crippen molar-refractivity contribution in [2.75, 3.05) is 6.66 Å². The Morgan fingerprint density at radius 3 is 2.75 bits per heavy atom. The van der Waals surface area contributed by atoms with Gasteiger partial charge in [-0.3, -0.25) is 0 Å². The molecular weight excluding hydrogens is 165 g/mol. The summed E-state index contributed by atoms with van der Waals surface area (Å²) in [5.74, 6) is 0. The Kier molecular flexibility index (Phi) is 1.90. The average molecular weight is 177 g/mol. The van der Waals surface area contributed by atoms with E-state index in [0.29, 0.717) is 0 Å². The van der Waals surface area contributed by atoms with Crippen LogP contribution in [0, 0.1) is 0 Å². The van der Waals surface area contributed by atoms with E-state index in [-0.39, 0.29) is 0 Å². The van der Waals surface area contributed by atoms with Gasteiger partial charge >= 0.3 is 0 Å².